The van der Waals surface area contributed by atoms with Crippen molar-refractivity contribution in [2.24, 2.45) is 0 Å². The van der Waals surface area contributed by atoms with Gasteiger partial charge in [-0.15, -0.1) is 0 Å². The molecule has 21 heavy (non-hydrogen) atoms. The first kappa shape index (κ1) is 14.8. The summed E-state index contributed by atoms with van der Waals surface area (Å²) in [6.45, 7) is 4.47. The summed E-state index contributed by atoms with van der Waals surface area (Å²) < 4.78 is 3.38. The minimum absolute atomic E-state index is 0.407. The van der Waals surface area contributed by atoms with Crippen LogP contribution in [0.2, 0.25) is 0 Å². The van der Waals surface area contributed by atoms with E-state index in [0.29, 0.717) is 12.1 Å². The summed E-state index contributed by atoms with van der Waals surface area (Å²) in [5, 5.41) is 3.71. The highest BCUT2D eigenvalue weighted by molar-refractivity contribution is 9.10. The van der Waals surface area contributed by atoms with Gasteiger partial charge in [0, 0.05) is 16.6 Å². The first-order valence-corrected chi connectivity index (χ1v) is 8.55. The van der Waals surface area contributed by atoms with Crippen LogP contribution < -0.4 is 5.32 Å². The second-order valence-electron chi connectivity index (χ2n) is 5.87. The first-order chi connectivity index (χ1) is 10.2. The Bertz CT molecular complexity index is 620. The SMILES string of the molecule is CCc1cc(Br)ccc1-n1cncc1C1CCCC(C)N1. The van der Waals surface area contributed by atoms with Crippen LogP contribution in [0.25, 0.3) is 5.69 Å². The molecule has 2 heterocycles. The Morgan fingerprint density at radius 2 is 2.24 bits per heavy atom. The van der Waals surface area contributed by atoms with Gasteiger partial charge in [0.2, 0.25) is 0 Å². The normalized spacial score (nSPS) is 22.4. The van der Waals surface area contributed by atoms with Crippen molar-refractivity contribution in [3.63, 3.8) is 0 Å². The average molecular weight is 348 g/mol. The molecule has 0 bridgehead atoms. The molecule has 112 valence electrons. The molecule has 4 heteroatoms. The fraction of sp³-hybridized carbons (Fsp3) is 0.471. The summed E-state index contributed by atoms with van der Waals surface area (Å²) >= 11 is 3.57. The van der Waals surface area contributed by atoms with Crippen molar-refractivity contribution in [2.75, 3.05) is 0 Å². The highest BCUT2D eigenvalue weighted by atomic mass is 79.9. The van der Waals surface area contributed by atoms with Gasteiger partial charge in [0.25, 0.3) is 0 Å². The third-order valence-electron chi connectivity index (χ3n) is 4.32. The number of hydrogen-bond acceptors (Lipinski definition) is 2. The molecule has 1 aromatic heterocycles. The highest BCUT2D eigenvalue weighted by Crippen LogP contribution is 2.29. The molecule has 1 aliphatic heterocycles. The molecular formula is C17H22BrN3. The molecule has 0 amide bonds. The lowest BCUT2D eigenvalue weighted by atomic mass is 9.97. The average Bonchev–Trinajstić information content (AvgIpc) is 2.96. The van der Waals surface area contributed by atoms with Gasteiger partial charge in [-0.3, -0.25) is 0 Å². The Kier molecular flexibility index (Phi) is 4.45. The van der Waals surface area contributed by atoms with E-state index >= 15 is 0 Å². The number of aromatic nitrogens is 2. The molecule has 1 saturated heterocycles. The van der Waals surface area contributed by atoms with Crippen LogP contribution in [0.5, 0.6) is 0 Å². The molecule has 0 aliphatic carbocycles. The van der Waals surface area contributed by atoms with Crippen LogP contribution in [-0.4, -0.2) is 15.6 Å². The number of halogens is 1. The van der Waals surface area contributed by atoms with Crippen molar-refractivity contribution in [3.05, 3.63) is 46.5 Å². The van der Waals surface area contributed by atoms with Crippen LogP contribution in [0.1, 0.15) is 50.4 Å². The van der Waals surface area contributed by atoms with Gasteiger partial charge in [0.05, 0.1) is 23.9 Å². The summed E-state index contributed by atoms with van der Waals surface area (Å²) in [6.07, 6.45) is 8.71. The van der Waals surface area contributed by atoms with Crippen molar-refractivity contribution in [2.45, 2.75) is 51.6 Å². The Hall–Kier alpha value is -1.13. The van der Waals surface area contributed by atoms with Crippen LogP contribution in [0.3, 0.4) is 0 Å². The molecule has 3 rings (SSSR count). The number of hydrogen-bond donors (Lipinski definition) is 1. The van der Waals surface area contributed by atoms with E-state index in [-0.39, 0.29) is 0 Å². The van der Waals surface area contributed by atoms with Crippen LogP contribution in [0.15, 0.2) is 35.2 Å². The number of nitrogens with zero attached hydrogens (tertiary/aromatic N) is 2. The molecule has 1 aromatic carbocycles. The van der Waals surface area contributed by atoms with Gasteiger partial charge in [-0.2, -0.15) is 0 Å². The maximum absolute atomic E-state index is 4.41. The van der Waals surface area contributed by atoms with Crippen molar-refractivity contribution in [1.29, 1.82) is 0 Å². The lowest BCUT2D eigenvalue weighted by Crippen LogP contribution is -2.35. The van der Waals surface area contributed by atoms with Crippen LogP contribution >= 0.6 is 15.9 Å². The predicted octanol–water partition coefficient (Wildman–Crippen LogP) is 4.40. The Labute approximate surface area is 134 Å². The van der Waals surface area contributed by atoms with Crippen LogP contribution in [-0.2, 0) is 6.42 Å². The van der Waals surface area contributed by atoms with E-state index < -0.39 is 0 Å². The van der Waals surface area contributed by atoms with E-state index in [4.69, 9.17) is 0 Å². The summed E-state index contributed by atoms with van der Waals surface area (Å²) in [7, 11) is 0. The fourth-order valence-corrected chi connectivity index (χ4v) is 3.62. The molecule has 2 aromatic rings. The van der Waals surface area contributed by atoms with Gasteiger partial charge >= 0.3 is 0 Å². The van der Waals surface area contributed by atoms with Crippen molar-refractivity contribution < 1.29 is 0 Å². The maximum atomic E-state index is 4.41. The van der Waals surface area contributed by atoms with E-state index in [1.54, 1.807) is 0 Å². The molecule has 1 aliphatic rings. The number of aryl methyl sites for hydroxylation is 1. The molecule has 0 radical (unpaired) electrons. The molecular weight excluding hydrogens is 326 g/mol. The van der Waals surface area contributed by atoms with Gasteiger partial charge in [0.15, 0.2) is 0 Å². The topological polar surface area (TPSA) is 29.9 Å². The summed E-state index contributed by atoms with van der Waals surface area (Å²) in [6, 6.07) is 7.48. The fourth-order valence-electron chi connectivity index (χ4n) is 3.21. The van der Waals surface area contributed by atoms with E-state index in [1.807, 2.05) is 12.5 Å². The Morgan fingerprint density at radius 1 is 1.38 bits per heavy atom. The second kappa shape index (κ2) is 6.32. The minimum atomic E-state index is 0.407. The minimum Gasteiger partial charge on any atom is -0.306 e. The largest absolute Gasteiger partial charge is 0.306 e. The van der Waals surface area contributed by atoms with Gasteiger partial charge in [-0.05, 0) is 56.4 Å². The monoisotopic (exact) mass is 347 g/mol. The standard InChI is InChI=1S/C17H22BrN3/c1-3-13-9-14(18)7-8-16(13)21-11-19-10-17(21)15-6-4-5-12(2)20-15/h7-12,15,20H,3-6H2,1-2H3. The van der Waals surface area contributed by atoms with Crippen molar-refractivity contribution in [1.82, 2.24) is 14.9 Å². The van der Waals surface area contributed by atoms with Gasteiger partial charge < -0.3 is 9.88 Å². The lowest BCUT2D eigenvalue weighted by molar-refractivity contribution is 0.334. The summed E-state index contributed by atoms with van der Waals surface area (Å²) in [5.74, 6) is 0. The quantitative estimate of drug-likeness (QED) is 0.891. The third kappa shape index (κ3) is 3.06. The first-order valence-electron chi connectivity index (χ1n) is 7.76. The Balaban J connectivity index is 1.99. The molecule has 1 N–H and O–H groups in total. The van der Waals surface area contributed by atoms with E-state index in [0.717, 1.165) is 10.9 Å². The lowest BCUT2D eigenvalue weighted by Gasteiger charge is -2.29. The zero-order valence-electron chi connectivity index (χ0n) is 12.6. The number of piperidine rings is 1. The second-order valence-corrected chi connectivity index (χ2v) is 6.78. The molecule has 0 saturated carbocycles. The molecule has 0 spiro atoms. The van der Waals surface area contributed by atoms with E-state index in [1.165, 1.54) is 36.2 Å². The van der Waals surface area contributed by atoms with Crippen LogP contribution in [0, 0.1) is 0 Å². The van der Waals surface area contributed by atoms with Gasteiger partial charge in [0.1, 0.15) is 0 Å². The zero-order chi connectivity index (χ0) is 14.8. The summed E-state index contributed by atoms with van der Waals surface area (Å²) in [5.41, 5.74) is 3.86. The van der Waals surface area contributed by atoms with Crippen molar-refractivity contribution >= 4 is 15.9 Å². The number of benzene rings is 1. The Morgan fingerprint density at radius 3 is 3.00 bits per heavy atom. The predicted molar refractivity (Wildman–Crippen MR) is 89.8 cm³/mol. The molecule has 2 unspecified atom stereocenters. The van der Waals surface area contributed by atoms with E-state index in [2.05, 4.69) is 62.8 Å². The van der Waals surface area contributed by atoms with Gasteiger partial charge in [-0.1, -0.05) is 22.9 Å². The summed E-state index contributed by atoms with van der Waals surface area (Å²) in [4.78, 5) is 4.41. The number of imidazole rings is 1. The van der Waals surface area contributed by atoms with E-state index in [9.17, 15) is 0 Å². The molecule has 1 fully saturated rings. The smallest absolute Gasteiger partial charge is 0.0994 e. The zero-order valence-corrected chi connectivity index (χ0v) is 14.2. The third-order valence-corrected chi connectivity index (χ3v) is 4.82. The highest BCUT2D eigenvalue weighted by Gasteiger charge is 2.23. The van der Waals surface area contributed by atoms with Gasteiger partial charge in [-0.25, -0.2) is 4.98 Å². The maximum Gasteiger partial charge on any atom is 0.0994 e. The number of nitrogens with one attached hydrogen (secondary N) is 1. The molecule has 2 atom stereocenters. The molecule has 3 nitrogen and oxygen atoms in total. The number of rotatable bonds is 3. The van der Waals surface area contributed by atoms with Crippen LogP contribution in [0.4, 0.5) is 0 Å². The van der Waals surface area contributed by atoms with Crippen molar-refractivity contribution in [3.8, 4) is 5.69 Å².